The number of nitrogens with two attached hydrogens (primary N) is 1. The Labute approximate surface area is 129 Å². The van der Waals surface area contributed by atoms with Crippen LogP contribution in [0.3, 0.4) is 0 Å². The van der Waals surface area contributed by atoms with Gasteiger partial charge in [-0.3, -0.25) is 4.79 Å². The van der Waals surface area contributed by atoms with Crippen LogP contribution in [-0.2, 0) is 12.2 Å². The maximum atomic E-state index is 12.0. The third-order valence-corrected chi connectivity index (χ3v) is 4.97. The number of hydrogen-bond acceptors (Lipinski definition) is 6. The summed E-state index contributed by atoms with van der Waals surface area (Å²) >= 11 is 3.07. The number of aromatic nitrogens is 3. The molecule has 2 aromatic heterocycles. The van der Waals surface area contributed by atoms with Crippen molar-refractivity contribution in [1.29, 1.82) is 0 Å². The molecule has 0 radical (unpaired) electrons. The number of hydrogen-bond donors (Lipinski definition) is 1. The van der Waals surface area contributed by atoms with Gasteiger partial charge in [-0.1, -0.05) is 24.3 Å². The topological polar surface area (TPSA) is 73.3 Å². The molecule has 21 heavy (non-hydrogen) atoms. The quantitative estimate of drug-likeness (QED) is 0.591. The Balaban J connectivity index is 1.85. The maximum Gasteiger partial charge on any atom is 0.275 e. The molecular weight excluding hydrogens is 304 g/mol. The number of nitrogens with zero attached hydrogens (tertiary/aromatic N) is 3. The first-order valence-corrected chi connectivity index (χ1v) is 8.33. The van der Waals surface area contributed by atoms with Gasteiger partial charge in [0.1, 0.15) is 5.01 Å². The lowest BCUT2D eigenvalue weighted by Gasteiger charge is -2.02. The van der Waals surface area contributed by atoms with Gasteiger partial charge in [0.2, 0.25) is 4.96 Å². The van der Waals surface area contributed by atoms with Crippen LogP contribution >= 0.6 is 23.1 Å². The molecule has 3 rings (SSSR count). The van der Waals surface area contributed by atoms with Gasteiger partial charge in [-0.25, -0.2) is 4.98 Å². The number of nitrogen functional groups attached to an aromatic ring is 1. The molecule has 7 heteroatoms. The molecule has 0 saturated heterocycles. The molecular formula is C14H14N4OS2. The lowest BCUT2D eigenvalue weighted by molar-refractivity contribution is 0.852. The van der Waals surface area contributed by atoms with Crippen molar-refractivity contribution in [1.82, 2.24) is 14.6 Å². The number of fused-ring (bicyclic) bond motifs is 1. The van der Waals surface area contributed by atoms with Gasteiger partial charge < -0.3 is 5.73 Å². The fraction of sp³-hybridized carbons (Fsp3) is 0.214. The van der Waals surface area contributed by atoms with E-state index in [4.69, 9.17) is 5.73 Å². The van der Waals surface area contributed by atoms with E-state index in [2.05, 4.69) is 10.1 Å². The van der Waals surface area contributed by atoms with Crippen molar-refractivity contribution >= 4 is 33.7 Å². The van der Waals surface area contributed by atoms with Gasteiger partial charge in [-0.15, -0.1) is 11.8 Å². The van der Waals surface area contributed by atoms with Crippen LogP contribution in [0.2, 0.25) is 0 Å². The summed E-state index contributed by atoms with van der Waals surface area (Å²) in [6.07, 6.45) is 0.806. The zero-order chi connectivity index (χ0) is 14.8. The number of anilines is 1. The zero-order valence-corrected chi connectivity index (χ0v) is 13.1. The summed E-state index contributed by atoms with van der Waals surface area (Å²) in [5.74, 6) is 0.633. The van der Waals surface area contributed by atoms with E-state index in [1.807, 2.05) is 31.2 Å². The van der Waals surface area contributed by atoms with Crippen LogP contribution in [0.25, 0.3) is 4.96 Å². The van der Waals surface area contributed by atoms with Crippen molar-refractivity contribution in [2.45, 2.75) is 24.0 Å². The van der Waals surface area contributed by atoms with Gasteiger partial charge in [0, 0.05) is 22.4 Å². The first-order chi connectivity index (χ1) is 10.2. The standard InChI is InChI=1S/C14H14N4OS2/c1-2-12-17-18-13(19)7-10(16-14(18)21-12)8-20-11-5-3-4-9(15)6-11/h3-7H,2,8,15H2,1H3. The Bertz CT molecular complexity index is 840. The fourth-order valence-electron chi connectivity index (χ4n) is 1.87. The van der Waals surface area contributed by atoms with Crippen LogP contribution in [0, 0.1) is 0 Å². The fourth-order valence-corrected chi connectivity index (χ4v) is 3.59. The lowest BCUT2D eigenvalue weighted by Crippen LogP contribution is -2.15. The van der Waals surface area contributed by atoms with E-state index in [-0.39, 0.29) is 5.56 Å². The second kappa shape index (κ2) is 5.87. The van der Waals surface area contributed by atoms with Crippen molar-refractivity contribution < 1.29 is 0 Å². The molecule has 0 unspecified atom stereocenters. The smallest absolute Gasteiger partial charge is 0.275 e. The average molecular weight is 318 g/mol. The molecule has 0 atom stereocenters. The molecule has 3 aromatic rings. The molecule has 5 nitrogen and oxygen atoms in total. The van der Waals surface area contributed by atoms with Crippen molar-refractivity contribution in [3.63, 3.8) is 0 Å². The number of aryl methyl sites for hydroxylation is 1. The van der Waals surface area contributed by atoms with E-state index < -0.39 is 0 Å². The predicted octanol–water partition coefficient (Wildman–Crippen LogP) is 2.59. The molecule has 0 amide bonds. The number of rotatable bonds is 4. The van der Waals surface area contributed by atoms with Crippen LogP contribution in [0.1, 0.15) is 17.6 Å². The van der Waals surface area contributed by atoms with Crippen molar-refractivity contribution in [3.8, 4) is 0 Å². The summed E-state index contributed by atoms with van der Waals surface area (Å²) in [5, 5.41) is 5.16. The molecule has 1 aromatic carbocycles. The molecule has 108 valence electrons. The van der Waals surface area contributed by atoms with E-state index in [0.29, 0.717) is 10.7 Å². The van der Waals surface area contributed by atoms with E-state index in [9.17, 15) is 4.79 Å². The predicted molar refractivity (Wildman–Crippen MR) is 86.9 cm³/mol. The summed E-state index contributed by atoms with van der Waals surface area (Å²) in [6.45, 7) is 2.01. The molecule has 0 aliphatic rings. The average Bonchev–Trinajstić information content (AvgIpc) is 2.89. The van der Waals surface area contributed by atoms with E-state index in [1.54, 1.807) is 17.8 Å². The highest BCUT2D eigenvalue weighted by Crippen LogP contribution is 2.23. The van der Waals surface area contributed by atoms with Gasteiger partial charge in [0.15, 0.2) is 0 Å². The van der Waals surface area contributed by atoms with Gasteiger partial charge >= 0.3 is 0 Å². The Kier molecular flexibility index (Phi) is 3.94. The molecule has 0 spiro atoms. The maximum absolute atomic E-state index is 12.0. The minimum Gasteiger partial charge on any atom is -0.399 e. The third kappa shape index (κ3) is 3.08. The minimum absolute atomic E-state index is 0.126. The Morgan fingerprint density at radius 2 is 2.24 bits per heavy atom. The Morgan fingerprint density at radius 1 is 1.38 bits per heavy atom. The highest BCUT2D eigenvalue weighted by atomic mass is 32.2. The third-order valence-electron chi connectivity index (χ3n) is 2.89. The molecule has 0 aliphatic heterocycles. The van der Waals surface area contributed by atoms with Crippen molar-refractivity contribution in [2.75, 3.05) is 5.73 Å². The van der Waals surface area contributed by atoms with Crippen molar-refractivity contribution in [3.05, 3.63) is 51.4 Å². The van der Waals surface area contributed by atoms with Gasteiger partial charge in [0.25, 0.3) is 5.56 Å². The largest absolute Gasteiger partial charge is 0.399 e. The summed E-state index contributed by atoms with van der Waals surface area (Å²) in [7, 11) is 0. The second-order valence-electron chi connectivity index (χ2n) is 4.49. The van der Waals surface area contributed by atoms with Gasteiger partial charge in [0.05, 0.1) is 5.69 Å². The van der Waals surface area contributed by atoms with E-state index in [0.717, 1.165) is 27.7 Å². The minimum atomic E-state index is -0.126. The van der Waals surface area contributed by atoms with E-state index >= 15 is 0 Å². The summed E-state index contributed by atoms with van der Waals surface area (Å²) < 4.78 is 1.37. The number of thioether (sulfide) groups is 1. The van der Waals surface area contributed by atoms with Gasteiger partial charge in [-0.2, -0.15) is 9.61 Å². The Morgan fingerprint density at radius 3 is 3.00 bits per heavy atom. The SMILES string of the molecule is CCc1nn2c(=O)cc(CSc3cccc(N)c3)nc2s1. The first kappa shape index (κ1) is 14.1. The number of benzene rings is 1. The summed E-state index contributed by atoms with van der Waals surface area (Å²) in [6, 6.07) is 9.22. The van der Waals surface area contributed by atoms with Crippen LogP contribution < -0.4 is 11.3 Å². The summed E-state index contributed by atoms with van der Waals surface area (Å²) in [4.78, 5) is 18.3. The normalized spacial score (nSPS) is 11.1. The Hall–Kier alpha value is -1.86. The van der Waals surface area contributed by atoms with Crippen molar-refractivity contribution in [2.24, 2.45) is 0 Å². The first-order valence-electron chi connectivity index (χ1n) is 6.52. The lowest BCUT2D eigenvalue weighted by atomic mass is 10.3. The molecule has 2 N–H and O–H groups in total. The molecule has 0 saturated carbocycles. The van der Waals surface area contributed by atoms with Crippen LogP contribution in [0.15, 0.2) is 40.0 Å². The zero-order valence-electron chi connectivity index (χ0n) is 11.4. The molecule has 2 heterocycles. The van der Waals surface area contributed by atoms with Crippen LogP contribution in [0.4, 0.5) is 5.69 Å². The monoisotopic (exact) mass is 318 g/mol. The van der Waals surface area contributed by atoms with Crippen LogP contribution in [-0.4, -0.2) is 14.6 Å². The highest BCUT2D eigenvalue weighted by Gasteiger charge is 2.08. The second-order valence-corrected chi connectivity index (χ2v) is 6.58. The summed E-state index contributed by atoms with van der Waals surface area (Å²) in [5.41, 5.74) is 7.13. The molecule has 0 aliphatic carbocycles. The van der Waals surface area contributed by atoms with E-state index in [1.165, 1.54) is 15.9 Å². The van der Waals surface area contributed by atoms with Crippen LogP contribution in [0.5, 0.6) is 0 Å². The highest BCUT2D eigenvalue weighted by molar-refractivity contribution is 7.98. The molecule has 0 fully saturated rings. The molecule has 0 bridgehead atoms. The van der Waals surface area contributed by atoms with Gasteiger partial charge in [-0.05, 0) is 24.6 Å².